The maximum Gasteiger partial charge on any atom is 0.224 e. The molecular weight excluding hydrogens is 128 g/mol. The van der Waals surface area contributed by atoms with Crippen molar-refractivity contribution in [2.24, 2.45) is 5.92 Å². The Labute approximate surface area is 60.5 Å². The molecular formula is C8H11O2+. The highest BCUT2D eigenvalue weighted by Gasteiger charge is 2.54. The van der Waals surface area contributed by atoms with Crippen molar-refractivity contribution in [1.82, 2.24) is 0 Å². The Kier molecular flexibility index (Phi) is 0.917. The molecule has 0 spiro atoms. The van der Waals surface area contributed by atoms with Gasteiger partial charge < -0.3 is 9.47 Å². The molecule has 4 atom stereocenters. The van der Waals surface area contributed by atoms with Crippen LogP contribution in [0.25, 0.3) is 0 Å². The van der Waals surface area contributed by atoms with Crippen molar-refractivity contribution in [1.29, 1.82) is 0 Å². The molecule has 0 aromatic heterocycles. The largest absolute Gasteiger partial charge is 0.373 e. The van der Waals surface area contributed by atoms with Gasteiger partial charge >= 0.3 is 0 Å². The van der Waals surface area contributed by atoms with Crippen LogP contribution in [0.15, 0.2) is 0 Å². The third-order valence-corrected chi connectivity index (χ3v) is 2.71. The maximum atomic E-state index is 5.37. The number of hydrogen-bond donors (Lipinski definition) is 0. The van der Waals surface area contributed by atoms with E-state index in [1.807, 2.05) is 0 Å². The molecule has 0 N–H and O–H groups in total. The standard InChI is InChI=1S/C8H11O2/c1-2-6-7(10-6)3-5(1)8-4-9-8/h2,5-8H,1,3-4H2/q+1. The zero-order valence-electron chi connectivity index (χ0n) is 5.82. The first-order valence-electron chi connectivity index (χ1n) is 4.04. The van der Waals surface area contributed by atoms with E-state index in [1.54, 1.807) is 0 Å². The first kappa shape index (κ1) is 5.44. The van der Waals surface area contributed by atoms with Crippen molar-refractivity contribution in [3.63, 3.8) is 0 Å². The first-order chi connectivity index (χ1) is 4.93. The summed E-state index contributed by atoms with van der Waals surface area (Å²) in [4.78, 5) is 0. The Bertz CT molecular complexity index is 153. The summed E-state index contributed by atoms with van der Waals surface area (Å²) in [5.74, 6) is 0.781. The molecule has 0 amide bonds. The normalized spacial score (nSPS) is 56.8. The molecule has 1 saturated carbocycles. The lowest BCUT2D eigenvalue weighted by atomic mass is 9.87. The Morgan fingerprint density at radius 1 is 1.30 bits per heavy atom. The average Bonchev–Trinajstić information content (AvgIpc) is 2.83. The van der Waals surface area contributed by atoms with Gasteiger partial charge in [-0.2, -0.15) is 0 Å². The summed E-state index contributed by atoms with van der Waals surface area (Å²) < 4.78 is 10.6. The summed E-state index contributed by atoms with van der Waals surface area (Å²) in [5.41, 5.74) is 0. The molecule has 0 aromatic carbocycles. The van der Waals surface area contributed by atoms with Crippen molar-refractivity contribution in [2.45, 2.75) is 31.2 Å². The van der Waals surface area contributed by atoms with E-state index in [1.165, 1.54) is 12.8 Å². The van der Waals surface area contributed by atoms with Crippen LogP contribution in [0.3, 0.4) is 0 Å². The molecule has 2 saturated heterocycles. The number of rotatable bonds is 1. The molecule has 3 rings (SSSR count). The molecule has 0 aromatic rings. The molecule has 3 fully saturated rings. The van der Waals surface area contributed by atoms with Crippen LogP contribution in [0.4, 0.5) is 0 Å². The Hall–Kier alpha value is -0.210. The number of fused-ring (bicyclic) bond motifs is 1. The Morgan fingerprint density at radius 2 is 2.20 bits per heavy atom. The minimum absolute atomic E-state index is 0.523. The second-order valence-corrected chi connectivity index (χ2v) is 3.48. The van der Waals surface area contributed by atoms with E-state index in [-0.39, 0.29) is 0 Å². The van der Waals surface area contributed by atoms with Crippen LogP contribution in [0, 0.1) is 12.3 Å². The molecule has 3 aliphatic rings. The second kappa shape index (κ2) is 1.69. The van der Waals surface area contributed by atoms with E-state index in [9.17, 15) is 0 Å². The van der Waals surface area contributed by atoms with Crippen LogP contribution >= 0.6 is 0 Å². The summed E-state index contributed by atoms with van der Waals surface area (Å²) >= 11 is 0. The lowest BCUT2D eigenvalue weighted by molar-refractivity contribution is 0.289. The smallest absolute Gasteiger partial charge is 0.224 e. The lowest BCUT2D eigenvalue weighted by Crippen LogP contribution is -2.18. The number of epoxide rings is 2. The monoisotopic (exact) mass is 139 g/mol. The van der Waals surface area contributed by atoms with Crippen LogP contribution in [0.5, 0.6) is 0 Å². The zero-order valence-corrected chi connectivity index (χ0v) is 5.82. The van der Waals surface area contributed by atoms with Gasteiger partial charge in [-0.15, -0.1) is 0 Å². The second-order valence-electron chi connectivity index (χ2n) is 3.48. The molecule has 54 valence electrons. The topological polar surface area (TPSA) is 25.1 Å². The van der Waals surface area contributed by atoms with Crippen LogP contribution in [-0.2, 0) is 9.47 Å². The third kappa shape index (κ3) is 0.756. The third-order valence-electron chi connectivity index (χ3n) is 2.71. The summed E-state index contributed by atoms with van der Waals surface area (Å²) in [6.07, 6.45) is 6.44. The van der Waals surface area contributed by atoms with E-state index in [0.29, 0.717) is 18.3 Å². The van der Waals surface area contributed by atoms with Crippen molar-refractivity contribution >= 4 is 0 Å². The van der Waals surface area contributed by atoms with E-state index in [4.69, 9.17) is 9.47 Å². The first-order valence-corrected chi connectivity index (χ1v) is 4.04. The van der Waals surface area contributed by atoms with Crippen LogP contribution in [0.2, 0.25) is 0 Å². The van der Waals surface area contributed by atoms with Crippen molar-refractivity contribution in [3.05, 3.63) is 6.42 Å². The van der Waals surface area contributed by atoms with Gasteiger partial charge in [-0.25, -0.2) is 0 Å². The highest BCUT2D eigenvalue weighted by molar-refractivity contribution is 5.05. The molecule has 2 nitrogen and oxygen atoms in total. The molecule has 2 heterocycles. The van der Waals surface area contributed by atoms with Gasteiger partial charge in [0.15, 0.2) is 0 Å². The molecule has 1 aliphatic carbocycles. The summed E-state index contributed by atoms with van der Waals surface area (Å²) in [6.45, 7) is 0.996. The van der Waals surface area contributed by atoms with Crippen LogP contribution < -0.4 is 0 Å². The van der Waals surface area contributed by atoms with Crippen LogP contribution in [0.1, 0.15) is 12.8 Å². The predicted octanol–water partition coefficient (Wildman–Crippen LogP) is 0.767. The highest BCUT2D eigenvalue weighted by Crippen LogP contribution is 2.42. The summed E-state index contributed by atoms with van der Waals surface area (Å²) in [5, 5.41) is 0. The van der Waals surface area contributed by atoms with Gasteiger partial charge in [0.1, 0.15) is 12.5 Å². The van der Waals surface area contributed by atoms with E-state index < -0.39 is 0 Å². The van der Waals surface area contributed by atoms with E-state index in [0.717, 1.165) is 12.5 Å². The minimum Gasteiger partial charge on any atom is -0.373 e. The highest BCUT2D eigenvalue weighted by atomic mass is 16.6. The van der Waals surface area contributed by atoms with Gasteiger partial charge in [0, 0.05) is 5.92 Å². The van der Waals surface area contributed by atoms with Crippen LogP contribution in [-0.4, -0.2) is 24.9 Å². The molecule has 4 unspecified atom stereocenters. The molecule has 0 radical (unpaired) electrons. The minimum atomic E-state index is 0.523. The fraction of sp³-hybridized carbons (Fsp3) is 0.875. The fourth-order valence-electron chi connectivity index (χ4n) is 1.89. The van der Waals surface area contributed by atoms with Gasteiger partial charge in [-0.3, -0.25) is 0 Å². The van der Waals surface area contributed by atoms with Gasteiger partial charge in [-0.1, -0.05) is 0 Å². The van der Waals surface area contributed by atoms with Gasteiger partial charge in [-0.05, 0) is 6.42 Å². The molecule has 2 heteroatoms. The van der Waals surface area contributed by atoms with Gasteiger partial charge in [0.05, 0.1) is 19.1 Å². The summed E-state index contributed by atoms with van der Waals surface area (Å²) in [6, 6.07) is 0. The SMILES string of the molecule is [CH+]1CC(C2CO2)CC2OC12. The number of ether oxygens (including phenoxy) is 2. The predicted molar refractivity (Wildman–Crippen MR) is 35.4 cm³/mol. The fourth-order valence-corrected chi connectivity index (χ4v) is 1.89. The molecule has 2 aliphatic heterocycles. The molecule has 0 bridgehead atoms. The average molecular weight is 139 g/mol. The van der Waals surface area contributed by atoms with E-state index in [2.05, 4.69) is 6.42 Å². The molecule has 10 heavy (non-hydrogen) atoms. The van der Waals surface area contributed by atoms with Crippen molar-refractivity contribution < 1.29 is 9.47 Å². The van der Waals surface area contributed by atoms with Crippen molar-refractivity contribution in [2.75, 3.05) is 6.61 Å². The Morgan fingerprint density at radius 3 is 2.90 bits per heavy atom. The maximum absolute atomic E-state index is 5.37. The zero-order chi connectivity index (χ0) is 6.55. The van der Waals surface area contributed by atoms with Gasteiger partial charge in [0.25, 0.3) is 0 Å². The quantitative estimate of drug-likeness (QED) is 0.396. The number of hydrogen-bond acceptors (Lipinski definition) is 2. The lowest BCUT2D eigenvalue weighted by Gasteiger charge is -2.09. The Balaban J connectivity index is 1.65. The van der Waals surface area contributed by atoms with Crippen molar-refractivity contribution in [3.8, 4) is 0 Å². The summed E-state index contributed by atoms with van der Waals surface area (Å²) in [7, 11) is 0. The van der Waals surface area contributed by atoms with Gasteiger partial charge in [0.2, 0.25) is 6.10 Å². The van der Waals surface area contributed by atoms with E-state index >= 15 is 0 Å².